The van der Waals surface area contributed by atoms with Crippen LogP contribution in [-0.2, 0) is 13.1 Å². The number of rotatable bonds is 5. The van der Waals surface area contributed by atoms with Crippen LogP contribution in [0.1, 0.15) is 10.7 Å². The molecule has 0 saturated carbocycles. The van der Waals surface area contributed by atoms with Gasteiger partial charge in [0.25, 0.3) is 0 Å². The summed E-state index contributed by atoms with van der Waals surface area (Å²) in [5, 5.41) is 5.47. The second-order valence-electron chi connectivity index (χ2n) is 7.18. The molecule has 142 valence electrons. The summed E-state index contributed by atoms with van der Waals surface area (Å²) in [4.78, 5) is 9.70. The highest BCUT2D eigenvalue weighted by Gasteiger charge is 2.19. The fraction of sp³-hybridized carbons (Fsp3) is 0.273. The molecule has 5 nitrogen and oxygen atoms in total. The number of benzene rings is 2. The molecule has 0 aliphatic carbocycles. The van der Waals surface area contributed by atoms with E-state index in [1.54, 1.807) is 11.3 Å². The molecule has 2 aromatic heterocycles. The van der Waals surface area contributed by atoms with Gasteiger partial charge in [-0.2, -0.15) is 0 Å². The van der Waals surface area contributed by atoms with E-state index in [4.69, 9.17) is 9.51 Å². The zero-order valence-electron chi connectivity index (χ0n) is 15.6. The van der Waals surface area contributed by atoms with Crippen molar-refractivity contribution in [1.29, 1.82) is 0 Å². The monoisotopic (exact) mass is 390 g/mol. The zero-order chi connectivity index (χ0) is 18.8. The first-order valence-electron chi connectivity index (χ1n) is 9.64. The summed E-state index contributed by atoms with van der Waals surface area (Å²) in [6.07, 6.45) is 0. The largest absolute Gasteiger partial charge is 0.356 e. The molecule has 0 bridgehead atoms. The van der Waals surface area contributed by atoms with Gasteiger partial charge in [-0.25, -0.2) is 4.98 Å². The van der Waals surface area contributed by atoms with Gasteiger partial charge in [0.2, 0.25) is 0 Å². The molecule has 1 saturated heterocycles. The Bertz CT molecular complexity index is 1020. The second kappa shape index (κ2) is 7.83. The van der Waals surface area contributed by atoms with Crippen LogP contribution in [-0.4, -0.2) is 46.1 Å². The Morgan fingerprint density at radius 2 is 1.57 bits per heavy atom. The fourth-order valence-electron chi connectivity index (χ4n) is 3.64. The third-order valence-corrected chi connectivity index (χ3v) is 6.19. The molecular formula is C22H22N4OS. The molecule has 6 heteroatoms. The molecule has 1 fully saturated rings. The lowest BCUT2D eigenvalue weighted by Crippen LogP contribution is -2.45. The van der Waals surface area contributed by atoms with Crippen LogP contribution in [0.25, 0.3) is 21.5 Å². The SMILES string of the molecule is c1ccc(-c2cc(CN3CCN(Cc4nc5ccccc5s4)CC3)no2)cc1. The van der Waals surface area contributed by atoms with Crippen molar-refractivity contribution in [1.82, 2.24) is 19.9 Å². The van der Waals surface area contributed by atoms with Crippen LogP contribution in [0.3, 0.4) is 0 Å². The van der Waals surface area contributed by atoms with Gasteiger partial charge in [-0.15, -0.1) is 11.3 Å². The third-order valence-electron chi connectivity index (χ3n) is 5.16. The van der Waals surface area contributed by atoms with E-state index >= 15 is 0 Å². The molecule has 0 atom stereocenters. The highest BCUT2D eigenvalue weighted by Crippen LogP contribution is 2.24. The summed E-state index contributed by atoms with van der Waals surface area (Å²) in [6, 6.07) is 20.6. The maximum Gasteiger partial charge on any atom is 0.167 e. The minimum Gasteiger partial charge on any atom is -0.356 e. The van der Waals surface area contributed by atoms with Gasteiger partial charge in [0.05, 0.1) is 22.5 Å². The first kappa shape index (κ1) is 17.6. The maximum atomic E-state index is 5.53. The number of para-hydroxylation sites is 1. The maximum absolute atomic E-state index is 5.53. The van der Waals surface area contributed by atoms with Crippen LogP contribution in [0.2, 0.25) is 0 Å². The molecular weight excluding hydrogens is 368 g/mol. The lowest BCUT2D eigenvalue weighted by Gasteiger charge is -2.33. The lowest BCUT2D eigenvalue weighted by molar-refractivity contribution is 0.120. The van der Waals surface area contributed by atoms with Crippen molar-refractivity contribution in [2.75, 3.05) is 26.2 Å². The van der Waals surface area contributed by atoms with Crippen molar-refractivity contribution in [3.63, 3.8) is 0 Å². The normalized spacial score (nSPS) is 16.0. The molecule has 4 aromatic rings. The van der Waals surface area contributed by atoms with Crippen molar-refractivity contribution >= 4 is 21.6 Å². The topological polar surface area (TPSA) is 45.4 Å². The second-order valence-corrected chi connectivity index (χ2v) is 8.29. The van der Waals surface area contributed by atoms with Crippen molar-refractivity contribution in [2.45, 2.75) is 13.1 Å². The molecule has 1 aliphatic rings. The van der Waals surface area contributed by atoms with Crippen LogP contribution < -0.4 is 0 Å². The highest BCUT2D eigenvalue weighted by molar-refractivity contribution is 7.18. The minimum absolute atomic E-state index is 0.838. The van der Waals surface area contributed by atoms with Crippen molar-refractivity contribution < 1.29 is 4.52 Å². The number of thiazole rings is 1. The first-order chi connectivity index (χ1) is 13.8. The standard InChI is InChI=1S/C22H22N4OS/c1-2-6-17(7-3-1)20-14-18(24-27-20)15-25-10-12-26(13-11-25)16-22-23-19-8-4-5-9-21(19)28-22/h1-9,14H,10-13,15-16H2. The summed E-state index contributed by atoms with van der Waals surface area (Å²) in [7, 11) is 0. The van der Waals surface area contributed by atoms with Gasteiger partial charge < -0.3 is 4.52 Å². The van der Waals surface area contributed by atoms with Crippen LogP contribution >= 0.6 is 11.3 Å². The van der Waals surface area contributed by atoms with E-state index in [-0.39, 0.29) is 0 Å². The number of nitrogens with zero attached hydrogens (tertiary/aromatic N) is 4. The van der Waals surface area contributed by atoms with E-state index in [0.717, 1.165) is 61.8 Å². The zero-order valence-corrected chi connectivity index (χ0v) is 16.4. The number of aromatic nitrogens is 2. The smallest absolute Gasteiger partial charge is 0.167 e. The Balaban J connectivity index is 1.16. The van der Waals surface area contributed by atoms with Gasteiger partial charge in [0.15, 0.2) is 5.76 Å². The van der Waals surface area contributed by atoms with Crippen LogP contribution in [0.4, 0.5) is 0 Å². The predicted molar refractivity (Wildman–Crippen MR) is 112 cm³/mol. The summed E-state index contributed by atoms with van der Waals surface area (Å²) in [5.74, 6) is 0.838. The third kappa shape index (κ3) is 3.85. The summed E-state index contributed by atoms with van der Waals surface area (Å²) in [6.45, 7) is 5.97. The van der Waals surface area contributed by atoms with Gasteiger partial charge in [0, 0.05) is 44.4 Å². The first-order valence-corrected chi connectivity index (χ1v) is 10.5. The molecule has 1 aliphatic heterocycles. The Labute approximate surface area is 168 Å². The van der Waals surface area contributed by atoms with Gasteiger partial charge in [0.1, 0.15) is 5.01 Å². The van der Waals surface area contributed by atoms with Crippen molar-refractivity contribution in [3.8, 4) is 11.3 Å². The Kier molecular flexibility index (Phi) is 4.91. The summed E-state index contributed by atoms with van der Waals surface area (Å²) >= 11 is 1.81. The van der Waals surface area contributed by atoms with E-state index in [1.807, 2.05) is 30.3 Å². The number of piperazine rings is 1. The average Bonchev–Trinajstić information content (AvgIpc) is 3.36. The van der Waals surface area contributed by atoms with Crippen LogP contribution in [0.5, 0.6) is 0 Å². The molecule has 0 amide bonds. The molecule has 0 N–H and O–H groups in total. The molecule has 0 unspecified atom stereocenters. The number of hydrogen-bond donors (Lipinski definition) is 0. The fourth-order valence-corrected chi connectivity index (χ4v) is 4.65. The highest BCUT2D eigenvalue weighted by atomic mass is 32.1. The van der Waals surface area contributed by atoms with Crippen molar-refractivity contribution in [2.24, 2.45) is 0 Å². The Morgan fingerprint density at radius 3 is 2.36 bits per heavy atom. The van der Waals surface area contributed by atoms with E-state index < -0.39 is 0 Å². The summed E-state index contributed by atoms with van der Waals surface area (Å²) < 4.78 is 6.80. The average molecular weight is 391 g/mol. The van der Waals surface area contributed by atoms with Crippen LogP contribution in [0, 0.1) is 0 Å². The molecule has 0 radical (unpaired) electrons. The van der Waals surface area contributed by atoms with E-state index in [1.165, 1.54) is 9.71 Å². The van der Waals surface area contributed by atoms with Gasteiger partial charge >= 0.3 is 0 Å². The molecule has 3 heterocycles. The van der Waals surface area contributed by atoms with Gasteiger partial charge in [-0.05, 0) is 12.1 Å². The van der Waals surface area contributed by atoms with Gasteiger partial charge in [-0.1, -0.05) is 47.6 Å². The summed E-state index contributed by atoms with van der Waals surface area (Å²) in [5.41, 5.74) is 3.18. The Morgan fingerprint density at radius 1 is 0.857 bits per heavy atom. The van der Waals surface area contributed by atoms with Crippen molar-refractivity contribution in [3.05, 3.63) is 71.4 Å². The quantitative estimate of drug-likeness (QED) is 0.509. The molecule has 5 rings (SSSR count). The van der Waals surface area contributed by atoms with Gasteiger partial charge in [-0.3, -0.25) is 9.80 Å². The lowest BCUT2D eigenvalue weighted by atomic mass is 10.1. The van der Waals surface area contributed by atoms with E-state index in [9.17, 15) is 0 Å². The van der Waals surface area contributed by atoms with E-state index in [0.29, 0.717) is 0 Å². The Hall–Kier alpha value is -2.54. The molecule has 0 spiro atoms. The molecule has 2 aromatic carbocycles. The minimum atomic E-state index is 0.838. The van der Waals surface area contributed by atoms with E-state index in [2.05, 4.69) is 45.3 Å². The molecule has 28 heavy (non-hydrogen) atoms. The number of hydrogen-bond acceptors (Lipinski definition) is 6. The number of fused-ring (bicyclic) bond motifs is 1. The predicted octanol–water partition coefficient (Wildman–Crippen LogP) is 4.27. The van der Waals surface area contributed by atoms with Crippen LogP contribution in [0.15, 0.2) is 65.2 Å².